The maximum atomic E-state index is 4.58. The number of rotatable bonds is 3. The normalized spacial score (nSPS) is 18.3. The second kappa shape index (κ2) is 6.60. The molecule has 0 aliphatic carbocycles. The van der Waals surface area contributed by atoms with E-state index in [9.17, 15) is 0 Å². The van der Waals surface area contributed by atoms with Crippen LogP contribution in [0.5, 0.6) is 0 Å². The standard InChI is InChI=1S/C16H20BrN5/c1-11-6-13(17)8-18-16(11)22-5-3-4-14(9-22)21-15-7-12(2)19-10-20-15/h6-8,10,14H,3-5,9H2,1-2H3,(H,19,20,21). The molecule has 3 rings (SSSR count). The van der Waals surface area contributed by atoms with Gasteiger partial charge in [0.05, 0.1) is 0 Å². The van der Waals surface area contributed by atoms with Crippen LogP contribution in [0, 0.1) is 13.8 Å². The van der Waals surface area contributed by atoms with Gasteiger partial charge in [-0.3, -0.25) is 0 Å². The molecule has 6 heteroatoms. The predicted octanol–water partition coefficient (Wildman–Crippen LogP) is 3.33. The Balaban J connectivity index is 1.71. The molecule has 0 amide bonds. The number of nitrogens with one attached hydrogen (secondary N) is 1. The molecule has 1 aliphatic heterocycles. The third kappa shape index (κ3) is 3.55. The zero-order valence-corrected chi connectivity index (χ0v) is 14.5. The van der Waals surface area contributed by atoms with Crippen molar-refractivity contribution in [1.82, 2.24) is 15.0 Å². The first-order chi connectivity index (χ1) is 10.6. The minimum absolute atomic E-state index is 0.382. The molecular weight excluding hydrogens is 342 g/mol. The highest BCUT2D eigenvalue weighted by molar-refractivity contribution is 9.10. The van der Waals surface area contributed by atoms with Crippen LogP contribution in [0.2, 0.25) is 0 Å². The first-order valence-corrected chi connectivity index (χ1v) is 8.33. The van der Waals surface area contributed by atoms with Gasteiger partial charge >= 0.3 is 0 Å². The second-order valence-electron chi connectivity index (χ2n) is 5.77. The third-order valence-corrected chi connectivity index (χ3v) is 4.33. The topological polar surface area (TPSA) is 53.9 Å². The molecule has 116 valence electrons. The maximum absolute atomic E-state index is 4.58. The summed E-state index contributed by atoms with van der Waals surface area (Å²) in [6.07, 6.45) is 5.78. The lowest BCUT2D eigenvalue weighted by atomic mass is 10.1. The average Bonchev–Trinajstić information content (AvgIpc) is 2.47. The number of anilines is 2. The van der Waals surface area contributed by atoms with Gasteiger partial charge in [0.15, 0.2) is 0 Å². The van der Waals surface area contributed by atoms with E-state index < -0.39 is 0 Å². The van der Waals surface area contributed by atoms with Crippen molar-refractivity contribution >= 4 is 27.6 Å². The summed E-state index contributed by atoms with van der Waals surface area (Å²) in [7, 11) is 0. The van der Waals surface area contributed by atoms with Crippen molar-refractivity contribution in [2.75, 3.05) is 23.3 Å². The van der Waals surface area contributed by atoms with Gasteiger partial charge in [0.1, 0.15) is 18.0 Å². The van der Waals surface area contributed by atoms with Crippen molar-refractivity contribution in [2.45, 2.75) is 32.7 Å². The van der Waals surface area contributed by atoms with Crippen LogP contribution in [0.4, 0.5) is 11.6 Å². The summed E-state index contributed by atoms with van der Waals surface area (Å²) < 4.78 is 1.02. The quantitative estimate of drug-likeness (QED) is 0.908. The molecule has 1 unspecified atom stereocenters. The molecule has 3 heterocycles. The zero-order chi connectivity index (χ0) is 15.5. The molecule has 0 saturated carbocycles. The fraction of sp³-hybridized carbons (Fsp3) is 0.438. The number of pyridine rings is 1. The van der Waals surface area contributed by atoms with Crippen molar-refractivity contribution in [2.24, 2.45) is 0 Å². The van der Waals surface area contributed by atoms with E-state index in [1.165, 1.54) is 5.56 Å². The fourth-order valence-corrected chi connectivity index (χ4v) is 3.34. The molecule has 22 heavy (non-hydrogen) atoms. The smallest absolute Gasteiger partial charge is 0.131 e. The molecule has 2 aromatic heterocycles. The lowest BCUT2D eigenvalue weighted by molar-refractivity contribution is 0.525. The van der Waals surface area contributed by atoms with E-state index in [2.05, 4.69) is 54.1 Å². The van der Waals surface area contributed by atoms with Crippen LogP contribution in [0.25, 0.3) is 0 Å². The Labute approximate surface area is 139 Å². The van der Waals surface area contributed by atoms with Gasteiger partial charge in [-0.2, -0.15) is 0 Å². The van der Waals surface area contributed by atoms with E-state index in [1.807, 2.05) is 19.2 Å². The van der Waals surface area contributed by atoms with Gasteiger partial charge in [0.25, 0.3) is 0 Å². The van der Waals surface area contributed by atoms with E-state index in [0.29, 0.717) is 6.04 Å². The Morgan fingerprint density at radius 2 is 2.09 bits per heavy atom. The molecule has 1 N–H and O–H groups in total. The van der Waals surface area contributed by atoms with E-state index >= 15 is 0 Å². The first kappa shape index (κ1) is 15.2. The SMILES string of the molecule is Cc1cc(NC2CCCN(c3ncc(Br)cc3C)C2)ncn1. The zero-order valence-electron chi connectivity index (χ0n) is 12.9. The van der Waals surface area contributed by atoms with Crippen molar-refractivity contribution in [3.05, 3.63) is 40.4 Å². The van der Waals surface area contributed by atoms with Crippen molar-refractivity contribution < 1.29 is 0 Å². The number of aromatic nitrogens is 3. The number of piperidine rings is 1. The molecular formula is C16H20BrN5. The highest BCUT2D eigenvalue weighted by Gasteiger charge is 2.22. The van der Waals surface area contributed by atoms with Crippen LogP contribution in [0.1, 0.15) is 24.1 Å². The molecule has 0 aromatic carbocycles. The molecule has 0 radical (unpaired) electrons. The van der Waals surface area contributed by atoms with Crippen molar-refractivity contribution in [1.29, 1.82) is 0 Å². The number of nitrogens with zero attached hydrogens (tertiary/aromatic N) is 4. The summed E-state index contributed by atoms with van der Waals surface area (Å²) in [5.74, 6) is 1.98. The summed E-state index contributed by atoms with van der Waals surface area (Å²) >= 11 is 3.48. The Hall–Kier alpha value is -1.69. The molecule has 1 fully saturated rings. The highest BCUT2D eigenvalue weighted by atomic mass is 79.9. The Kier molecular flexibility index (Phi) is 4.57. The number of hydrogen-bond acceptors (Lipinski definition) is 5. The monoisotopic (exact) mass is 361 g/mol. The van der Waals surface area contributed by atoms with Gasteiger partial charge in [0.2, 0.25) is 0 Å². The molecule has 2 aromatic rings. The molecule has 5 nitrogen and oxygen atoms in total. The Bertz CT molecular complexity index is 661. The lowest BCUT2D eigenvalue weighted by Crippen LogP contribution is -2.43. The molecule has 0 bridgehead atoms. The highest BCUT2D eigenvalue weighted by Crippen LogP contribution is 2.24. The van der Waals surface area contributed by atoms with Gasteiger partial charge < -0.3 is 10.2 Å². The molecule has 1 atom stereocenters. The number of aryl methyl sites for hydroxylation is 2. The first-order valence-electron chi connectivity index (χ1n) is 7.54. The summed E-state index contributed by atoms with van der Waals surface area (Å²) in [5.41, 5.74) is 2.18. The van der Waals surface area contributed by atoms with Crippen molar-refractivity contribution in [3.63, 3.8) is 0 Å². The maximum Gasteiger partial charge on any atom is 0.131 e. The van der Waals surface area contributed by atoms with Crippen LogP contribution in [-0.4, -0.2) is 34.1 Å². The van der Waals surface area contributed by atoms with E-state index in [1.54, 1.807) is 6.33 Å². The van der Waals surface area contributed by atoms with Gasteiger partial charge in [-0.15, -0.1) is 0 Å². The van der Waals surface area contributed by atoms with Crippen LogP contribution in [-0.2, 0) is 0 Å². The summed E-state index contributed by atoms with van der Waals surface area (Å²) in [4.78, 5) is 15.4. The van der Waals surface area contributed by atoms with Gasteiger partial charge in [-0.25, -0.2) is 15.0 Å². The van der Waals surface area contributed by atoms with Gasteiger partial charge in [0, 0.05) is 41.6 Å². The second-order valence-corrected chi connectivity index (χ2v) is 6.68. The minimum atomic E-state index is 0.382. The molecule has 1 saturated heterocycles. The van der Waals surface area contributed by atoms with E-state index in [0.717, 1.165) is 47.7 Å². The molecule has 1 aliphatic rings. The van der Waals surface area contributed by atoms with Crippen LogP contribution in [0.3, 0.4) is 0 Å². The summed E-state index contributed by atoms with van der Waals surface area (Å²) in [6.45, 7) is 6.09. The minimum Gasteiger partial charge on any atom is -0.365 e. The van der Waals surface area contributed by atoms with E-state index in [-0.39, 0.29) is 0 Å². The Morgan fingerprint density at radius 1 is 1.23 bits per heavy atom. The largest absolute Gasteiger partial charge is 0.365 e. The number of halogens is 1. The van der Waals surface area contributed by atoms with Crippen LogP contribution < -0.4 is 10.2 Å². The number of hydrogen-bond donors (Lipinski definition) is 1. The lowest BCUT2D eigenvalue weighted by Gasteiger charge is -2.35. The van der Waals surface area contributed by atoms with Crippen molar-refractivity contribution in [3.8, 4) is 0 Å². The predicted molar refractivity (Wildman–Crippen MR) is 92.3 cm³/mol. The van der Waals surface area contributed by atoms with Crippen LogP contribution in [0.15, 0.2) is 29.1 Å². The average molecular weight is 362 g/mol. The third-order valence-electron chi connectivity index (χ3n) is 3.89. The summed E-state index contributed by atoms with van der Waals surface area (Å²) in [5, 5.41) is 3.52. The Morgan fingerprint density at radius 3 is 2.86 bits per heavy atom. The fourth-order valence-electron chi connectivity index (χ4n) is 2.89. The van der Waals surface area contributed by atoms with Crippen LogP contribution >= 0.6 is 15.9 Å². The molecule has 0 spiro atoms. The van der Waals surface area contributed by atoms with E-state index in [4.69, 9.17) is 0 Å². The van der Waals surface area contributed by atoms with Gasteiger partial charge in [-0.1, -0.05) is 0 Å². The van der Waals surface area contributed by atoms with Gasteiger partial charge in [-0.05, 0) is 54.2 Å². The summed E-state index contributed by atoms with van der Waals surface area (Å²) in [6, 6.07) is 4.49.